The van der Waals surface area contributed by atoms with Crippen molar-refractivity contribution in [1.29, 1.82) is 0 Å². The number of nitrogens with one attached hydrogen (secondary N) is 1. The second kappa shape index (κ2) is 6.93. The lowest BCUT2D eigenvalue weighted by molar-refractivity contribution is -0.128. The first-order valence-electron chi connectivity index (χ1n) is 7.09. The maximum Gasteiger partial charge on any atom is 0.258 e. The highest BCUT2D eigenvalue weighted by atomic mass is 16.5. The van der Waals surface area contributed by atoms with Crippen molar-refractivity contribution < 1.29 is 19.1 Å². The summed E-state index contributed by atoms with van der Waals surface area (Å²) in [4.78, 5) is 35.8. The largest absolute Gasteiger partial charge is 0.484 e. The van der Waals surface area contributed by atoms with Gasteiger partial charge in [-0.05, 0) is 37.6 Å². The topological polar surface area (TPSA) is 102 Å². The van der Waals surface area contributed by atoms with Crippen LogP contribution in [-0.4, -0.2) is 36.9 Å². The van der Waals surface area contributed by atoms with Crippen LogP contribution in [0.2, 0.25) is 0 Å². The van der Waals surface area contributed by atoms with E-state index in [2.05, 4.69) is 5.32 Å². The molecule has 1 aliphatic heterocycles. The number of amides is 3. The molecule has 0 saturated carbocycles. The van der Waals surface area contributed by atoms with Crippen molar-refractivity contribution in [2.75, 3.05) is 18.1 Å². The molecule has 7 heteroatoms. The SMILES string of the molecule is C[C@H](NC(=O)COc1ccc(N2CCCC2=O)cc1)C(N)=O. The lowest BCUT2D eigenvalue weighted by Crippen LogP contribution is -2.44. The molecule has 1 aromatic carbocycles. The number of nitrogens with two attached hydrogens (primary N) is 1. The molecule has 1 atom stereocenters. The van der Waals surface area contributed by atoms with Gasteiger partial charge in [0.15, 0.2) is 6.61 Å². The molecular weight excluding hydrogens is 286 g/mol. The molecule has 1 heterocycles. The molecule has 0 aliphatic carbocycles. The lowest BCUT2D eigenvalue weighted by atomic mass is 10.3. The zero-order valence-corrected chi connectivity index (χ0v) is 12.4. The summed E-state index contributed by atoms with van der Waals surface area (Å²) in [7, 11) is 0. The van der Waals surface area contributed by atoms with Crippen LogP contribution in [0.5, 0.6) is 5.75 Å². The highest BCUT2D eigenvalue weighted by Crippen LogP contribution is 2.23. The van der Waals surface area contributed by atoms with E-state index in [-0.39, 0.29) is 12.5 Å². The number of hydrogen-bond donors (Lipinski definition) is 2. The van der Waals surface area contributed by atoms with Gasteiger partial charge in [-0.25, -0.2) is 0 Å². The number of ether oxygens (including phenoxy) is 1. The fourth-order valence-corrected chi connectivity index (χ4v) is 2.15. The number of carbonyl (C=O) groups excluding carboxylic acids is 3. The maximum absolute atomic E-state index is 11.6. The molecule has 0 spiro atoms. The number of anilines is 1. The van der Waals surface area contributed by atoms with E-state index in [1.54, 1.807) is 29.2 Å². The van der Waals surface area contributed by atoms with Crippen LogP contribution >= 0.6 is 0 Å². The van der Waals surface area contributed by atoms with Crippen LogP contribution in [0.15, 0.2) is 24.3 Å². The van der Waals surface area contributed by atoms with Gasteiger partial charge in [0.1, 0.15) is 11.8 Å². The molecule has 3 amide bonds. The van der Waals surface area contributed by atoms with E-state index in [9.17, 15) is 14.4 Å². The highest BCUT2D eigenvalue weighted by molar-refractivity contribution is 5.95. The van der Waals surface area contributed by atoms with Crippen LogP contribution in [0.3, 0.4) is 0 Å². The molecule has 0 unspecified atom stereocenters. The minimum Gasteiger partial charge on any atom is -0.484 e. The highest BCUT2D eigenvalue weighted by Gasteiger charge is 2.21. The van der Waals surface area contributed by atoms with Crippen LogP contribution in [0.4, 0.5) is 5.69 Å². The van der Waals surface area contributed by atoms with Gasteiger partial charge < -0.3 is 20.7 Å². The molecule has 1 aliphatic rings. The molecular formula is C15H19N3O4. The second-order valence-corrected chi connectivity index (χ2v) is 5.12. The summed E-state index contributed by atoms with van der Waals surface area (Å²) in [6.45, 7) is 2.02. The van der Waals surface area contributed by atoms with E-state index >= 15 is 0 Å². The fraction of sp³-hybridized carbons (Fsp3) is 0.400. The van der Waals surface area contributed by atoms with E-state index in [0.29, 0.717) is 12.2 Å². The normalized spacial score (nSPS) is 15.5. The molecule has 0 aromatic heterocycles. The fourth-order valence-electron chi connectivity index (χ4n) is 2.15. The first-order valence-corrected chi connectivity index (χ1v) is 7.09. The Hall–Kier alpha value is -2.57. The van der Waals surface area contributed by atoms with Crippen molar-refractivity contribution in [2.24, 2.45) is 5.73 Å². The average Bonchev–Trinajstić information content (AvgIpc) is 2.91. The summed E-state index contributed by atoms with van der Waals surface area (Å²) < 4.78 is 5.33. The average molecular weight is 305 g/mol. The van der Waals surface area contributed by atoms with E-state index in [4.69, 9.17) is 10.5 Å². The van der Waals surface area contributed by atoms with Crippen molar-refractivity contribution in [1.82, 2.24) is 5.32 Å². The number of carbonyl (C=O) groups is 3. The number of benzene rings is 1. The smallest absolute Gasteiger partial charge is 0.258 e. The van der Waals surface area contributed by atoms with Gasteiger partial charge in [0.25, 0.3) is 5.91 Å². The predicted molar refractivity (Wildman–Crippen MR) is 80.3 cm³/mol. The van der Waals surface area contributed by atoms with Crippen LogP contribution in [0.25, 0.3) is 0 Å². The Kier molecular flexibility index (Phi) is 4.98. The standard InChI is InChI=1S/C15H19N3O4/c1-10(15(16)21)17-13(19)9-22-12-6-4-11(5-7-12)18-8-2-3-14(18)20/h4-7,10H,2-3,8-9H2,1H3,(H2,16,21)(H,17,19)/t10-/m0/s1. The molecule has 3 N–H and O–H groups in total. The van der Waals surface area contributed by atoms with Gasteiger partial charge in [-0.2, -0.15) is 0 Å². The number of rotatable bonds is 6. The molecule has 0 bridgehead atoms. The molecule has 22 heavy (non-hydrogen) atoms. The van der Waals surface area contributed by atoms with Gasteiger partial charge >= 0.3 is 0 Å². The summed E-state index contributed by atoms with van der Waals surface area (Å²) in [6, 6.07) is 6.22. The molecule has 118 valence electrons. The van der Waals surface area contributed by atoms with Crippen LogP contribution < -0.4 is 20.7 Å². The maximum atomic E-state index is 11.6. The van der Waals surface area contributed by atoms with E-state index in [1.807, 2.05) is 0 Å². The van der Waals surface area contributed by atoms with Crippen molar-refractivity contribution in [2.45, 2.75) is 25.8 Å². The zero-order chi connectivity index (χ0) is 16.1. The van der Waals surface area contributed by atoms with Gasteiger partial charge in [-0.15, -0.1) is 0 Å². The third kappa shape index (κ3) is 3.97. The summed E-state index contributed by atoms with van der Waals surface area (Å²) in [5, 5.41) is 2.42. The molecule has 7 nitrogen and oxygen atoms in total. The van der Waals surface area contributed by atoms with Gasteiger partial charge in [0.2, 0.25) is 11.8 Å². The molecule has 1 fully saturated rings. The van der Waals surface area contributed by atoms with Crippen molar-refractivity contribution in [3.8, 4) is 5.75 Å². The molecule has 1 saturated heterocycles. The van der Waals surface area contributed by atoms with Crippen LogP contribution in [0, 0.1) is 0 Å². The summed E-state index contributed by atoms with van der Waals surface area (Å²) in [5.41, 5.74) is 5.87. The number of primary amides is 1. The summed E-state index contributed by atoms with van der Waals surface area (Å²) >= 11 is 0. The van der Waals surface area contributed by atoms with E-state index in [1.165, 1.54) is 6.92 Å². The quantitative estimate of drug-likeness (QED) is 0.783. The predicted octanol–water partition coefficient (Wildman–Crippen LogP) is 0.182. The number of hydrogen-bond acceptors (Lipinski definition) is 4. The molecule has 0 radical (unpaired) electrons. The summed E-state index contributed by atoms with van der Waals surface area (Å²) in [5.74, 6) is -0.399. The Bertz CT molecular complexity index is 571. The first-order chi connectivity index (χ1) is 10.5. The Morgan fingerprint density at radius 2 is 2.05 bits per heavy atom. The zero-order valence-electron chi connectivity index (χ0n) is 12.4. The Morgan fingerprint density at radius 3 is 2.59 bits per heavy atom. The second-order valence-electron chi connectivity index (χ2n) is 5.12. The van der Waals surface area contributed by atoms with Crippen molar-refractivity contribution >= 4 is 23.4 Å². The van der Waals surface area contributed by atoms with E-state index < -0.39 is 17.9 Å². The molecule has 1 aromatic rings. The third-order valence-electron chi connectivity index (χ3n) is 3.40. The van der Waals surface area contributed by atoms with Gasteiger partial charge in [0.05, 0.1) is 0 Å². The Labute approximate surface area is 128 Å². The van der Waals surface area contributed by atoms with Gasteiger partial charge in [0, 0.05) is 18.7 Å². The van der Waals surface area contributed by atoms with Crippen LogP contribution in [-0.2, 0) is 14.4 Å². The third-order valence-corrected chi connectivity index (χ3v) is 3.40. The van der Waals surface area contributed by atoms with Gasteiger partial charge in [-0.1, -0.05) is 0 Å². The van der Waals surface area contributed by atoms with Crippen molar-refractivity contribution in [3.63, 3.8) is 0 Å². The van der Waals surface area contributed by atoms with Gasteiger partial charge in [-0.3, -0.25) is 14.4 Å². The Morgan fingerprint density at radius 1 is 1.36 bits per heavy atom. The van der Waals surface area contributed by atoms with E-state index in [0.717, 1.165) is 18.7 Å². The lowest BCUT2D eigenvalue weighted by Gasteiger charge is -2.16. The Balaban J connectivity index is 1.85. The first kappa shape index (κ1) is 15.8. The minimum absolute atomic E-state index is 0.119. The number of nitrogens with zero attached hydrogens (tertiary/aromatic N) is 1. The monoisotopic (exact) mass is 305 g/mol. The minimum atomic E-state index is -0.736. The molecule has 2 rings (SSSR count). The van der Waals surface area contributed by atoms with Crippen molar-refractivity contribution in [3.05, 3.63) is 24.3 Å². The van der Waals surface area contributed by atoms with Crippen LogP contribution in [0.1, 0.15) is 19.8 Å². The summed E-state index contributed by atoms with van der Waals surface area (Å²) in [6.07, 6.45) is 1.45.